The van der Waals surface area contributed by atoms with E-state index >= 15 is 0 Å². The van der Waals surface area contributed by atoms with Crippen molar-refractivity contribution in [2.24, 2.45) is 17.6 Å². The molecule has 1 aliphatic heterocycles. The Bertz CT molecular complexity index is 180. The summed E-state index contributed by atoms with van der Waals surface area (Å²) in [6.45, 7) is 5.44. The lowest BCUT2D eigenvalue weighted by Gasteiger charge is -2.31. The SMILES string of the molecule is CC(C(=O)NCCCCN)C1CNC1. The maximum Gasteiger partial charge on any atom is 0.223 e. The highest BCUT2D eigenvalue weighted by Crippen LogP contribution is 2.15. The summed E-state index contributed by atoms with van der Waals surface area (Å²) in [5.41, 5.74) is 5.36. The molecule has 1 aliphatic rings. The van der Waals surface area contributed by atoms with Gasteiger partial charge in [0.15, 0.2) is 0 Å². The molecule has 1 saturated heterocycles. The molecule has 1 unspecified atom stereocenters. The van der Waals surface area contributed by atoms with E-state index in [4.69, 9.17) is 5.73 Å². The Morgan fingerprint density at radius 3 is 2.79 bits per heavy atom. The van der Waals surface area contributed by atoms with Crippen LogP contribution in [0, 0.1) is 11.8 Å². The molecule has 0 aromatic carbocycles. The maximum atomic E-state index is 11.6. The molecule has 0 aromatic rings. The third-order valence-corrected chi connectivity index (χ3v) is 2.86. The molecule has 1 fully saturated rings. The van der Waals surface area contributed by atoms with Gasteiger partial charge in [-0.1, -0.05) is 6.92 Å². The zero-order valence-corrected chi connectivity index (χ0v) is 8.88. The van der Waals surface area contributed by atoms with E-state index in [0.717, 1.165) is 32.5 Å². The lowest BCUT2D eigenvalue weighted by Crippen LogP contribution is -2.49. The van der Waals surface area contributed by atoms with Crippen LogP contribution in [-0.4, -0.2) is 32.1 Å². The van der Waals surface area contributed by atoms with Crippen molar-refractivity contribution in [2.75, 3.05) is 26.2 Å². The number of amides is 1. The summed E-state index contributed by atoms with van der Waals surface area (Å²) in [7, 11) is 0. The van der Waals surface area contributed by atoms with Crippen molar-refractivity contribution in [1.29, 1.82) is 0 Å². The van der Waals surface area contributed by atoms with E-state index in [-0.39, 0.29) is 11.8 Å². The Morgan fingerprint density at radius 1 is 1.57 bits per heavy atom. The number of carbonyl (C=O) groups excluding carboxylic acids is 1. The zero-order chi connectivity index (χ0) is 10.4. The Balaban J connectivity index is 2.07. The van der Waals surface area contributed by atoms with Crippen LogP contribution < -0.4 is 16.4 Å². The zero-order valence-electron chi connectivity index (χ0n) is 8.88. The minimum absolute atomic E-state index is 0.147. The van der Waals surface area contributed by atoms with Crippen LogP contribution >= 0.6 is 0 Å². The quantitative estimate of drug-likeness (QED) is 0.514. The van der Waals surface area contributed by atoms with E-state index in [1.54, 1.807) is 0 Å². The molecule has 4 N–H and O–H groups in total. The second-order valence-electron chi connectivity index (χ2n) is 3.99. The Morgan fingerprint density at radius 2 is 2.29 bits per heavy atom. The second kappa shape index (κ2) is 5.98. The molecule has 82 valence electrons. The molecule has 1 heterocycles. The molecule has 0 radical (unpaired) electrons. The Kier molecular flexibility index (Phi) is 4.90. The summed E-state index contributed by atoms with van der Waals surface area (Å²) in [5.74, 6) is 0.868. The number of nitrogens with one attached hydrogen (secondary N) is 2. The third kappa shape index (κ3) is 3.27. The van der Waals surface area contributed by atoms with Crippen molar-refractivity contribution in [3.8, 4) is 0 Å². The molecule has 0 aliphatic carbocycles. The highest BCUT2D eigenvalue weighted by molar-refractivity contribution is 5.78. The van der Waals surface area contributed by atoms with E-state index in [2.05, 4.69) is 10.6 Å². The van der Waals surface area contributed by atoms with Gasteiger partial charge >= 0.3 is 0 Å². The summed E-state index contributed by atoms with van der Waals surface area (Å²) < 4.78 is 0. The van der Waals surface area contributed by atoms with E-state index in [1.165, 1.54) is 0 Å². The smallest absolute Gasteiger partial charge is 0.223 e. The van der Waals surface area contributed by atoms with Gasteiger partial charge in [-0.25, -0.2) is 0 Å². The van der Waals surface area contributed by atoms with Gasteiger partial charge in [-0.05, 0) is 38.4 Å². The number of rotatable bonds is 6. The number of unbranched alkanes of at least 4 members (excludes halogenated alkanes) is 1. The van der Waals surface area contributed by atoms with Crippen LogP contribution in [0.4, 0.5) is 0 Å². The van der Waals surface area contributed by atoms with Gasteiger partial charge in [0.25, 0.3) is 0 Å². The molecule has 4 heteroatoms. The third-order valence-electron chi connectivity index (χ3n) is 2.86. The highest BCUT2D eigenvalue weighted by Gasteiger charge is 2.28. The van der Waals surface area contributed by atoms with Gasteiger partial charge < -0.3 is 16.4 Å². The lowest BCUT2D eigenvalue weighted by atomic mass is 9.88. The first-order valence-corrected chi connectivity index (χ1v) is 5.44. The molecule has 0 bridgehead atoms. The van der Waals surface area contributed by atoms with Crippen LogP contribution in [0.2, 0.25) is 0 Å². The monoisotopic (exact) mass is 199 g/mol. The summed E-state index contributed by atoms with van der Waals surface area (Å²) in [6, 6.07) is 0. The Labute approximate surface area is 85.6 Å². The van der Waals surface area contributed by atoms with Crippen molar-refractivity contribution in [2.45, 2.75) is 19.8 Å². The second-order valence-corrected chi connectivity index (χ2v) is 3.99. The van der Waals surface area contributed by atoms with E-state index in [1.807, 2.05) is 6.92 Å². The van der Waals surface area contributed by atoms with E-state index in [9.17, 15) is 4.79 Å². The molecule has 4 nitrogen and oxygen atoms in total. The molecule has 1 amide bonds. The van der Waals surface area contributed by atoms with Gasteiger partial charge in [0, 0.05) is 12.5 Å². The fourth-order valence-corrected chi connectivity index (χ4v) is 1.52. The van der Waals surface area contributed by atoms with Crippen molar-refractivity contribution >= 4 is 5.91 Å². The Hall–Kier alpha value is -0.610. The van der Waals surface area contributed by atoms with Gasteiger partial charge in [0.05, 0.1) is 0 Å². The van der Waals surface area contributed by atoms with Gasteiger partial charge in [-0.2, -0.15) is 0 Å². The van der Waals surface area contributed by atoms with Gasteiger partial charge in [0.1, 0.15) is 0 Å². The number of hydrogen-bond donors (Lipinski definition) is 3. The van der Waals surface area contributed by atoms with Crippen molar-refractivity contribution < 1.29 is 4.79 Å². The van der Waals surface area contributed by atoms with Crippen LogP contribution in [0.25, 0.3) is 0 Å². The van der Waals surface area contributed by atoms with Crippen LogP contribution in [-0.2, 0) is 4.79 Å². The van der Waals surface area contributed by atoms with Crippen molar-refractivity contribution in [3.63, 3.8) is 0 Å². The average Bonchev–Trinajstić information content (AvgIpc) is 2.09. The molecule has 1 rings (SSSR count). The number of nitrogens with two attached hydrogens (primary N) is 1. The summed E-state index contributed by atoms with van der Waals surface area (Å²) >= 11 is 0. The van der Waals surface area contributed by atoms with E-state index in [0.29, 0.717) is 12.5 Å². The van der Waals surface area contributed by atoms with Crippen molar-refractivity contribution in [1.82, 2.24) is 10.6 Å². The first-order chi connectivity index (χ1) is 6.75. The molecule has 0 spiro atoms. The predicted molar refractivity (Wildman–Crippen MR) is 56.8 cm³/mol. The topological polar surface area (TPSA) is 67.2 Å². The van der Waals surface area contributed by atoms with Gasteiger partial charge in [-0.3, -0.25) is 4.79 Å². The first-order valence-electron chi connectivity index (χ1n) is 5.44. The van der Waals surface area contributed by atoms with E-state index < -0.39 is 0 Å². The fourth-order valence-electron chi connectivity index (χ4n) is 1.52. The first kappa shape index (κ1) is 11.5. The molecule has 1 atom stereocenters. The number of hydrogen-bond acceptors (Lipinski definition) is 3. The predicted octanol–water partition coefficient (Wildman–Crippen LogP) is -0.303. The summed E-state index contributed by atoms with van der Waals surface area (Å²) in [5, 5.41) is 6.12. The normalized spacial score (nSPS) is 18.7. The fraction of sp³-hybridized carbons (Fsp3) is 0.900. The molecule has 0 saturated carbocycles. The molecule has 0 aromatic heterocycles. The molecular weight excluding hydrogens is 178 g/mol. The van der Waals surface area contributed by atoms with Crippen molar-refractivity contribution in [3.05, 3.63) is 0 Å². The average molecular weight is 199 g/mol. The standard InChI is InChI=1S/C10H21N3O/c1-8(9-6-12-7-9)10(14)13-5-3-2-4-11/h8-9,12H,2-7,11H2,1H3,(H,13,14). The van der Waals surface area contributed by atoms with Gasteiger partial charge in [-0.15, -0.1) is 0 Å². The molecular formula is C10H21N3O. The summed E-state index contributed by atoms with van der Waals surface area (Å²) in [6.07, 6.45) is 1.97. The summed E-state index contributed by atoms with van der Waals surface area (Å²) in [4.78, 5) is 11.6. The minimum atomic E-state index is 0.147. The van der Waals surface area contributed by atoms with Crippen LogP contribution in [0.1, 0.15) is 19.8 Å². The van der Waals surface area contributed by atoms with Crippen LogP contribution in [0.15, 0.2) is 0 Å². The largest absolute Gasteiger partial charge is 0.356 e. The maximum absolute atomic E-state index is 11.6. The van der Waals surface area contributed by atoms with Crippen LogP contribution in [0.3, 0.4) is 0 Å². The minimum Gasteiger partial charge on any atom is -0.356 e. The highest BCUT2D eigenvalue weighted by atomic mass is 16.1. The lowest BCUT2D eigenvalue weighted by molar-refractivity contribution is -0.126. The molecule has 14 heavy (non-hydrogen) atoms. The van der Waals surface area contributed by atoms with Gasteiger partial charge in [0.2, 0.25) is 5.91 Å². The number of carbonyl (C=O) groups is 1. The van der Waals surface area contributed by atoms with Crippen LogP contribution in [0.5, 0.6) is 0 Å².